The molecule has 2 N–H and O–H groups in total. The third kappa shape index (κ3) is 0.512. The van der Waals surface area contributed by atoms with E-state index in [0.29, 0.717) is 6.42 Å². The Morgan fingerprint density at radius 3 is 2.25 bits per heavy atom. The molecule has 1 saturated heterocycles. The van der Waals surface area contributed by atoms with Crippen molar-refractivity contribution in [2.45, 2.75) is 25.8 Å². The molecule has 1 heterocycles. The van der Waals surface area contributed by atoms with Crippen LogP contribution in [-0.2, 0) is 4.79 Å². The molecule has 1 aliphatic rings. The van der Waals surface area contributed by atoms with Crippen LogP contribution >= 0.6 is 0 Å². The number of hydrazine groups is 1. The van der Waals surface area contributed by atoms with Crippen molar-refractivity contribution >= 4 is 5.91 Å². The molecule has 0 saturated carbocycles. The van der Waals surface area contributed by atoms with Gasteiger partial charge in [-0.15, -0.1) is 0 Å². The third-order valence-electron chi connectivity index (χ3n) is 1.50. The fourth-order valence-corrected chi connectivity index (χ4v) is 0.787. The van der Waals surface area contributed by atoms with E-state index in [1.54, 1.807) is 0 Å². The van der Waals surface area contributed by atoms with Gasteiger partial charge in [0.15, 0.2) is 0 Å². The Morgan fingerprint density at radius 2 is 2.25 bits per heavy atom. The van der Waals surface area contributed by atoms with Crippen LogP contribution in [0.25, 0.3) is 0 Å². The maximum Gasteiger partial charge on any atom is 0.239 e. The van der Waals surface area contributed by atoms with Gasteiger partial charge in [0.2, 0.25) is 5.91 Å². The maximum absolute atomic E-state index is 10.4. The monoisotopic (exact) mass is 114 g/mol. The number of hydrogen-bond acceptors (Lipinski definition) is 2. The molecule has 8 heavy (non-hydrogen) atoms. The number of β-lactam (4-membered cyclic amide) rings is 1. The molecule has 0 bridgehead atoms. The molecular formula is C5H10N2O. The van der Waals surface area contributed by atoms with Crippen LogP contribution in [0.15, 0.2) is 0 Å². The summed E-state index contributed by atoms with van der Waals surface area (Å²) in [5.74, 6) is 5.32. The first-order valence-electron chi connectivity index (χ1n) is 2.62. The lowest BCUT2D eigenvalue weighted by Crippen LogP contribution is -2.63. The zero-order valence-corrected chi connectivity index (χ0v) is 5.14. The molecule has 1 rings (SSSR count). The number of nitrogens with zero attached hydrogens (tertiary/aromatic N) is 1. The zero-order chi connectivity index (χ0) is 6.36. The van der Waals surface area contributed by atoms with Crippen LogP contribution in [0.2, 0.25) is 0 Å². The van der Waals surface area contributed by atoms with Gasteiger partial charge in [0.25, 0.3) is 0 Å². The third-order valence-corrected chi connectivity index (χ3v) is 1.50. The van der Waals surface area contributed by atoms with E-state index in [4.69, 9.17) is 5.84 Å². The summed E-state index contributed by atoms with van der Waals surface area (Å²) in [6, 6.07) is 0. The van der Waals surface area contributed by atoms with Crippen molar-refractivity contribution in [3.8, 4) is 0 Å². The van der Waals surface area contributed by atoms with E-state index in [2.05, 4.69) is 0 Å². The van der Waals surface area contributed by atoms with Crippen molar-refractivity contribution in [1.29, 1.82) is 0 Å². The predicted octanol–water partition coefficient (Wildman–Crippen LogP) is -0.129. The van der Waals surface area contributed by atoms with Crippen LogP contribution in [0.1, 0.15) is 20.3 Å². The highest BCUT2D eigenvalue weighted by molar-refractivity contribution is 5.83. The number of nitrogens with two attached hydrogens (primary N) is 1. The minimum absolute atomic E-state index is 0.0370. The standard InChI is InChI=1S/C5H10N2O/c1-5(2)3-4(8)7(5)6/h3,6H2,1-2H3. The summed E-state index contributed by atoms with van der Waals surface area (Å²) in [6.45, 7) is 3.88. The quantitative estimate of drug-likeness (QED) is 0.271. The Balaban J connectivity index is 2.60. The van der Waals surface area contributed by atoms with Gasteiger partial charge in [-0.05, 0) is 13.8 Å². The highest BCUT2D eigenvalue weighted by Gasteiger charge is 2.41. The molecule has 3 heteroatoms. The van der Waals surface area contributed by atoms with Gasteiger partial charge in [-0.1, -0.05) is 0 Å². The van der Waals surface area contributed by atoms with E-state index >= 15 is 0 Å². The van der Waals surface area contributed by atoms with Gasteiger partial charge in [-0.3, -0.25) is 9.80 Å². The Hall–Kier alpha value is -0.570. The first-order valence-corrected chi connectivity index (χ1v) is 2.62. The second kappa shape index (κ2) is 1.23. The molecule has 0 aliphatic carbocycles. The summed E-state index contributed by atoms with van der Waals surface area (Å²) in [6.07, 6.45) is 0.587. The largest absolute Gasteiger partial charge is 0.274 e. The normalized spacial score (nSPS) is 25.4. The molecule has 0 aromatic heterocycles. The van der Waals surface area contributed by atoms with Crippen LogP contribution in [0.5, 0.6) is 0 Å². The second-order valence-corrected chi connectivity index (χ2v) is 2.75. The average Bonchev–Trinajstić information content (AvgIpc) is 1.65. The number of carbonyl (C=O) groups excluding carboxylic acids is 1. The Morgan fingerprint density at radius 1 is 1.75 bits per heavy atom. The fourth-order valence-electron chi connectivity index (χ4n) is 0.787. The summed E-state index contributed by atoms with van der Waals surface area (Å²) >= 11 is 0. The van der Waals surface area contributed by atoms with Crippen LogP contribution in [0.3, 0.4) is 0 Å². The summed E-state index contributed by atoms with van der Waals surface area (Å²) in [4.78, 5) is 10.4. The summed E-state index contributed by atoms with van der Waals surface area (Å²) in [5, 5.41) is 1.27. The highest BCUT2D eigenvalue weighted by Crippen LogP contribution is 2.26. The molecule has 1 amide bonds. The van der Waals surface area contributed by atoms with Crippen LogP contribution < -0.4 is 5.84 Å². The van der Waals surface area contributed by atoms with Crippen molar-refractivity contribution < 1.29 is 4.79 Å². The molecule has 0 atom stereocenters. The van der Waals surface area contributed by atoms with Gasteiger partial charge in [0, 0.05) is 0 Å². The topological polar surface area (TPSA) is 46.3 Å². The lowest BCUT2D eigenvalue weighted by atomic mass is 9.91. The highest BCUT2D eigenvalue weighted by atomic mass is 16.2. The molecule has 46 valence electrons. The van der Waals surface area contributed by atoms with Crippen LogP contribution in [0, 0.1) is 0 Å². The van der Waals surface area contributed by atoms with Crippen molar-refractivity contribution in [2.75, 3.05) is 0 Å². The van der Waals surface area contributed by atoms with Crippen molar-refractivity contribution in [3.05, 3.63) is 0 Å². The second-order valence-electron chi connectivity index (χ2n) is 2.75. The molecule has 3 nitrogen and oxygen atoms in total. The smallest absolute Gasteiger partial charge is 0.239 e. The van der Waals surface area contributed by atoms with E-state index < -0.39 is 0 Å². The first-order chi connectivity index (χ1) is 3.54. The summed E-state index contributed by atoms with van der Waals surface area (Å²) in [5.41, 5.74) is -0.0862. The van der Waals surface area contributed by atoms with Crippen molar-refractivity contribution in [1.82, 2.24) is 5.01 Å². The van der Waals surface area contributed by atoms with Gasteiger partial charge in [0.05, 0.1) is 12.0 Å². The molecule has 0 radical (unpaired) electrons. The number of amides is 1. The SMILES string of the molecule is CC1(C)CC(=O)N1N. The van der Waals surface area contributed by atoms with Gasteiger partial charge in [-0.25, -0.2) is 5.84 Å². The first kappa shape index (κ1) is 5.56. The minimum atomic E-state index is -0.0862. The van der Waals surface area contributed by atoms with E-state index in [0.717, 1.165) is 0 Å². The fraction of sp³-hybridized carbons (Fsp3) is 0.800. The van der Waals surface area contributed by atoms with E-state index in [9.17, 15) is 4.79 Å². The number of carbonyl (C=O) groups is 1. The van der Waals surface area contributed by atoms with Gasteiger partial charge in [0.1, 0.15) is 0 Å². The Labute approximate surface area is 48.4 Å². The minimum Gasteiger partial charge on any atom is -0.274 e. The van der Waals surface area contributed by atoms with Gasteiger partial charge < -0.3 is 0 Å². The van der Waals surface area contributed by atoms with E-state index in [1.165, 1.54) is 5.01 Å². The van der Waals surface area contributed by atoms with Gasteiger partial charge >= 0.3 is 0 Å². The maximum atomic E-state index is 10.4. The Kier molecular flexibility index (Phi) is 0.854. The molecule has 0 spiro atoms. The molecular weight excluding hydrogens is 104 g/mol. The Bertz CT molecular complexity index is 130. The lowest BCUT2D eigenvalue weighted by Gasteiger charge is -2.43. The molecule has 0 aromatic rings. The number of rotatable bonds is 0. The average molecular weight is 114 g/mol. The molecule has 0 aromatic carbocycles. The lowest BCUT2D eigenvalue weighted by molar-refractivity contribution is -0.153. The molecule has 1 fully saturated rings. The van der Waals surface area contributed by atoms with Crippen molar-refractivity contribution in [2.24, 2.45) is 5.84 Å². The van der Waals surface area contributed by atoms with E-state index in [1.807, 2.05) is 13.8 Å². The summed E-state index contributed by atoms with van der Waals surface area (Å²) < 4.78 is 0. The summed E-state index contributed by atoms with van der Waals surface area (Å²) in [7, 11) is 0. The van der Waals surface area contributed by atoms with Crippen LogP contribution in [0.4, 0.5) is 0 Å². The molecule has 1 aliphatic heterocycles. The van der Waals surface area contributed by atoms with Crippen molar-refractivity contribution in [3.63, 3.8) is 0 Å². The number of hydrogen-bond donors (Lipinski definition) is 1. The zero-order valence-electron chi connectivity index (χ0n) is 5.14. The van der Waals surface area contributed by atoms with Gasteiger partial charge in [-0.2, -0.15) is 0 Å². The molecule has 0 unspecified atom stereocenters. The van der Waals surface area contributed by atoms with Crippen LogP contribution in [-0.4, -0.2) is 16.5 Å². The predicted molar refractivity (Wildman–Crippen MR) is 29.7 cm³/mol. The van der Waals surface area contributed by atoms with E-state index in [-0.39, 0.29) is 11.4 Å².